The van der Waals surface area contributed by atoms with Crippen LogP contribution in [0, 0.1) is 0 Å². The molecule has 0 unspecified atom stereocenters. The number of fused-ring (bicyclic) bond motifs is 9. The predicted molar refractivity (Wildman–Crippen MR) is 210 cm³/mol. The summed E-state index contributed by atoms with van der Waals surface area (Å²) < 4.78 is 7.14. The Morgan fingerprint density at radius 1 is 0.333 bits per heavy atom. The van der Waals surface area contributed by atoms with Crippen LogP contribution in [-0.2, 0) is 0 Å². The molecule has 5 aromatic heterocycles. The van der Waals surface area contributed by atoms with E-state index in [2.05, 4.69) is 158 Å². The van der Waals surface area contributed by atoms with Crippen LogP contribution in [0.2, 0.25) is 0 Å². The molecule has 5 heterocycles. The number of rotatable bonds is 4. The number of nitrogens with zero attached hydrogens (tertiary/aromatic N) is 5. The van der Waals surface area contributed by atoms with Gasteiger partial charge in [-0.2, -0.15) is 0 Å². The lowest BCUT2D eigenvalue weighted by Gasteiger charge is -2.11. The molecule has 0 atom stereocenters. The van der Waals surface area contributed by atoms with E-state index < -0.39 is 0 Å². The van der Waals surface area contributed by atoms with Crippen molar-refractivity contribution in [2.45, 2.75) is 0 Å². The van der Waals surface area contributed by atoms with Gasteiger partial charge in [0.2, 0.25) is 0 Å². The molecule has 0 aliphatic carbocycles. The summed E-state index contributed by atoms with van der Waals surface area (Å²) in [5.41, 5.74) is 12.1. The van der Waals surface area contributed by atoms with Crippen LogP contribution >= 0.6 is 0 Å². The van der Waals surface area contributed by atoms with Crippen LogP contribution in [0.4, 0.5) is 0 Å². The van der Waals surface area contributed by atoms with Crippen LogP contribution in [-0.4, -0.2) is 23.7 Å². The summed E-state index contributed by atoms with van der Waals surface area (Å²) in [6, 6.07) is 56.7. The van der Waals surface area contributed by atoms with E-state index in [0.29, 0.717) is 0 Å². The van der Waals surface area contributed by atoms with E-state index in [1.54, 1.807) is 0 Å². The lowest BCUT2D eigenvalue weighted by atomic mass is 10.1. The summed E-state index contributed by atoms with van der Waals surface area (Å²) in [5.74, 6) is 0. The third-order valence-electron chi connectivity index (χ3n) is 10.4. The molecule has 0 aliphatic rings. The van der Waals surface area contributed by atoms with Gasteiger partial charge in [-0.15, -0.1) is 0 Å². The van der Waals surface area contributed by atoms with Gasteiger partial charge in [0.05, 0.1) is 50.7 Å². The van der Waals surface area contributed by atoms with Crippen LogP contribution in [0.25, 0.3) is 93.7 Å². The molecule has 0 saturated carbocycles. The van der Waals surface area contributed by atoms with Gasteiger partial charge in [0.25, 0.3) is 0 Å². The number of aromatic nitrogens is 5. The molecule has 0 fully saturated rings. The zero-order valence-electron chi connectivity index (χ0n) is 27.5. The number of hydrogen-bond acceptors (Lipinski definition) is 2. The molecule has 5 nitrogen and oxygen atoms in total. The third kappa shape index (κ3) is 4.09. The highest BCUT2D eigenvalue weighted by Gasteiger charge is 2.19. The molecule has 0 aliphatic heterocycles. The van der Waals surface area contributed by atoms with E-state index in [4.69, 9.17) is 4.98 Å². The van der Waals surface area contributed by atoms with Gasteiger partial charge in [-0.1, -0.05) is 78.9 Å². The van der Waals surface area contributed by atoms with E-state index in [1.807, 2.05) is 36.8 Å². The number of para-hydroxylation sites is 4. The molecule has 6 aromatic carbocycles. The first kappa shape index (κ1) is 27.9. The largest absolute Gasteiger partial charge is 0.309 e. The van der Waals surface area contributed by atoms with Gasteiger partial charge in [0.1, 0.15) is 0 Å². The molecule has 0 spiro atoms. The van der Waals surface area contributed by atoms with Gasteiger partial charge >= 0.3 is 0 Å². The molecule has 51 heavy (non-hydrogen) atoms. The normalized spacial score (nSPS) is 11.9. The fourth-order valence-electron chi connectivity index (χ4n) is 8.18. The van der Waals surface area contributed by atoms with E-state index in [1.165, 1.54) is 54.4 Å². The zero-order valence-corrected chi connectivity index (χ0v) is 27.5. The molecular formula is C46H29N5. The minimum Gasteiger partial charge on any atom is -0.309 e. The van der Waals surface area contributed by atoms with Crippen LogP contribution < -0.4 is 0 Å². The van der Waals surface area contributed by atoms with Gasteiger partial charge < -0.3 is 13.7 Å². The predicted octanol–water partition coefficient (Wildman–Crippen LogP) is 11.4. The average Bonchev–Trinajstić information content (AvgIpc) is 3.83. The molecule has 0 radical (unpaired) electrons. The lowest BCUT2D eigenvalue weighted by Crippen LogP contribution is -1.97. The molecule has 11 aromatic rings. The minimum atomic E-state index is 0.898. The van der Waals surface area contributed by atoms with E-state index >= 15 is 0 Å². The van der Waals surface area contributed by atoms with Crippen molar-refractivity contribution in [3.05, 3.63) is 176 Å². The summed E-state index contributed by atoms with van der Waals surface area (Å²) in [5, 5.41) is 7.36. The molecule has 238 valence electrons. The Labute approximate surface area is 292 Å². The van der Waals surface area contributed by atoms with Crippen LogP contribution in [0.3, 0.4) is 0 Å². The van der Waals surface area contributed by atoms with Crippen molar-refractivity contribution in [1.29, 1.82) is 0 Å². The van der Waals surface area contributed by atoms with Crippen molar-refractivity contribution >= 4 is 65.4 Å². The van der Waals surface area contributed by atoms with Crippen LogP contribution in [0.15, 0.2) is 176 Å². The Kier molecular flexibility index (Phi) is 5.89. The highest BCUT2D eigenvalue weighted by molar-refractivity contribution is 6.14. The Hall–Kier alpha value is -6.98. The van der Waals surface area contributed by atoms with Crippen molar-refractivity contribution in [2.75, 3.05) is 0 Å². The SMILES string of the molecule is c1ccc(-c2cncc(-n3c4ccc(-n5c6ccccc6c6ccccc65)cc4c4cc(-n5c6ccccc6c6ccccc65)ccc43)c2)nc1. The Morgan fingerprint density at radius 2 is 0.765 bits per heavy atom. The molecular weight excluding hydrogens is 623 g/mol. The second-order valence-corrected chi connectivity index (χ2v) is 13.1. The molecule has 0 N–H and O–H groups in total. The summed E-state index contributed by atoms with van der Waals surface area (Å²) in [4.78, 5) is 9.34. The molecule has 0 saturated heterocycles. The maximum atomic E-state index is 4.71. The minimum absolute atomic E-state index is 0.898. The summed E-state index contributed by atoms with van der Waals surface area (Å²) in [7, 11) is 0. The first-order chi connectivity index (χ1) is 25.3. The lowest BCUT2D eigenvalue weighted by molar-refractivity contribution is 1.13. The zero-order chi connectivity index (χ0) is 33.5. The number of pyridine rings is 2. The van der Waals surface area contributed by atoms with Gasteiger partial charge in [-0.3, -0.25) is 9.97 Å². The van der Waals surface area contributed by atoms with Crippen molar-refractivity contribution in [2.24, 2.45) is 0 Å². The first-order valence-electron chi connectivity index (χ1n) is 17.2. The maximum absolute atomic E-state index is 4.71. The number of benzene rings is 6. The van der Waals surface area contributed by atoms with Gasteiger partial charge in [0, 0.05) is 61.6 Å². The first-order valence-corrected chi connectivity index (χ1v) is 17.2. The highest BCUT2D eigenvalue weighted by atomic mass is 15.0. The fraction of sp³-hybridized carbons (Fsp3) is 0. The summed E-state index contributed by atoms with van der Waals surface area (Å²) in [6.45, 7) is 0. The van der Waals surface area contributed by atoms with Crippen molar-refractivity contribution in [3.63, 3.8) is 0 Å². The quantitative estimate of drug-likeness (QED) is 0.190. The summed E-state index contributed by atoms with van der Waals surface area (Å²) >= 11 is 0. The maximum Gasteiger partial charge on any atom is 0.0718 e. The van der Waals surface area contributed by atoms with Crippen LogP contribution in [0.1, 0.15) is 0 Å². The molecule has 11 rings (SSSR count). The van der Waals surface area contributed by atoms with E-state index in [-0.39, 0.29) is 0 Å². The van der Waals surface area contributed by atoms with Crippen molar-refractivity contribution < 1.29 is 0 Å². The molecule has 5 heteroatoms. The topological polar surface area (TPSA) is 40.6 Å². The monoisotopic (exact) mass is 651 g/mol. The van der Waals surface area contributed by atoms with Crippen molar-refractivity contribution in [3.8, 4) is 28.3 Å². The Morgan fingerprint density at radius 3 is 1.24 bits per heavy atom. The van der Waals surface area contributed by atoms with Gasteiger partial charge in [-0.25, -0.2) is 0 Å². The van der Waals surface area contributed by atoms with E-state index in [0.717, 1.165) is 39.4 Å². The number of hydrogen-bond donors (Lipinski definition) is 0. The standard InChI is InChI=1S/C46H29N5/c1-5-16-41-34(11-1)35-12-2-6-17-42(35)49(41)31-20-22-45-38(26-31)39-27-32(50-43-18-7-3-13-36(43)37-14-4-8-19-44(37)50)21-23-46(39)51(45)33-25-30(28-47-29-33)40-15-9-10-24-48-40/h1-29H. The second kappa shape index (κ2) is 10.8. The van der Waals surface area contributed by atoms with E-state index in [9.17, 15) is 0 Å². The van der Waals surface area contributed by atoms with Gasteiger partial charge in [0.15, 0.2) is 0 Å². The summed E-state index contributed by atoms with van der Waals surface area (Å²) in [6.07, 6.45) is 5.67. The third-order valence-corrected chi connectivity index (χ3v) is 10.4. The Bertz CT molecular complexity index is 2870. The Balaban J connectivity index is 1.22. The molecule has 0 bridgehead atoms. The smallest absolute Gasteiger partial charge is 0.0718 e. The second-order valence-electron chi connectivity index (χ2n) is 13.1. The van der Waals surface area contributed by atoms with Gasteiger partial charge in [-0.05, 0) is 78.9 Å². The average molecular weight is 652 g/mol. The molecule has 0 amide bonds. The fourth-order valence-corrected chi connectivity index (χ4v) is 8.18. The highest BCUT2D eigenvalue weighted by Crippen LogP contribution is 2.39. The van der Waals surface area contributed by atoms with Crippen LogP contribution in [0.5, 0.6) is 0 Å². The van der Waals surface area contributed by atoms with Crippen molar-refractivity contribution in [1.82, 2.24) is 23.7 Å².